The van der Waals surface area contributed by atoms with Crippen LogP contribution in [0.1, 0.15) is 61.8 Å². The van der Waals surface area contributed by atoms with Crippen LogP contribution in [0.2, 0.25) is 0 Å². The van der Waals surface area contributed by atoms with Gasteiger partial charge in [0.1, 0.15) is 11.5 Å². The Kier molecular flexibility index (Phi) is 8.56. The molecule has 26 heavy (non-hydrogen) atoms. The Balaban J connectivity index is 2.66. The van der Waals surface area contributed by atoms with Gasteiger partial charge in [-0.1, -0.05) is 23.3 Å². The van der Waals surface area contributed by atoms with E-state index in [4.69, 9.17) is 0 Å². The lowest BCUT2D eigenvalue weighted by Gasteiger charge is -2.15. The first-order valence-corrected chi connectivity index (χ1v) is 8.98. The van der Waals surface area contributed by atoms with Crippen molar-refractivity contribution in [1.82, 2.24) is 0 Å². The molecule has 0 amide bonds. The Morgan fingerprint density at radius 3 is 1.85 bits per heavy atom. The normalized spacial score (nSPS) is 12.4. The number of aromatic hydroxyl groups is 2. The largest absolute Gasteiger partial charge is 0.507 e. The third-order valence-corrected chi connectivity index (χ3v) is 4.89. The van der Waals surface area contributed by atoms with E-state index in [0.717, 1.165) is 35.6 Å². The van der Waals surface area contributed by atoms with E-state index < -0.39 is 6.08 Å². The average molecular weight is 364 g/mol. The van der Waals surface area contributed by atoms with Crippen LogP contribution in [-0.2, 0) is 6.42 Å². The van der Waals surface area contributed by atoms with Gasteiger partial charge in [-0.2, -0.15) is 8.78 Å². The molecule has 0 fully saturated rings. The van der Waals surface area contributed by atoms with E-state index in [2.05, 4.69) is 12.2 Å². The smallest absolute Gasteiger partial charge is 0.266 e. The Morgan fingerprint density at radius 1 is 0.769 bits per heavy atom. The molecule has 2 nitrogen and oxygen atoms in total. The Morgan fingerprint density at radius 2 is 1.27 bits per heavy atom. The van der Waals surface area contributed by atoms with E-state index >= 15 is 0 Å². The van der Waals surface area contributed by atoms with Gasteiger partial charge in [-0.05, 0) is 89.5 Å². The van der Waals surface area contributed by atoms with Crippen molar-refractivity contribution in [3.63, 3.8) is 0 Å². The summed E-state index contributed by atoms with van der Waals surface area (Å²) in [6, 6.07) is 0. The van der Waals surface area contributed by atoms with Crippen molar-refractivity contribution in [1.29, 1.82) is 0 Å². The van der Waals surface area contributed by atoms with E-state index in [-0.39, 0.29) is 11.5 Å². The molecule has 2 N–H and O–H groups in total. The zero-order valence-corrected chi connectivity index (χ0v) is 16.4. The van der Waals surface area contributed by atoms with Crippen LogP contribution < -0.4 is 0 Å². The summed E-state index contributed by atoms with van der Waals surface area (Å²) in [5.74, 6) is 0.504. The number of allylic oxidation sites excluding steroid dienone is 5. The third kappa shape index (κ3) is 6.32. The molecule has 1 aromatic rings. The minimum absolute atomic E-state index is 0.249. The van der Waals surface area contributed by atoms with Crippen LogP contribution in [-0.4, -0.2) is 10.2 Å². The van der Waals surface area contributed by atoms with Crippen LogP contribution in [0.4, 0.5) is 8.78 Å². The van der Waals surface area contributed by atoms with Gasteiger partial charge in [0.05, 0.1) is 0 Å². The molecule has 0 saturated heterocycles. The first-order valence-electron chi connectivity index (χ1n) is 8.98. The summed E-state index contributed by atoms with van der Waals surface area (Å²) < 4.78 is 24.0. The summed E-state index contributed by atoms with van der Waals surface area (Å²) in [4.78, 5) is 0. The number of phenols is 2. The quantitative estimate of drug-likeness (QED) is 0.393. The molecule has 1 aromatic carbocycles. The summed E-state index contributed by atoms with van der Waals surface area (Å²) >= 11 is 0. The molecule has 0 aromatic heterocycles. The molecule has 0 atom stereocenters. The van der Waals surface area contributed by atoms with E-state index in [9.17, 15) is 19.0 Å². The topological polar surface area (TPSA) is 40.5 Å². The molecule has 0 radical (unpaired) electrons. The van der Waals surface area contributed by atoms with Crippen LogP contribution in [0.3, 0.4) is 0 Å². The zero-order valence-electron chi connectivity index (χ0n) is 16.4. The molecule has 0 saturated carbocycles. The molecule has 0 aliphatic carbocycles. The van der Waals surface area contributed by atoms with Gasteiger partial charge in [-0.25, -0.2) is 0 Å². The predicted octanol–water partition coefficient (Wildman–Crippen LogP) is 6.80. The Labute approximate surface area is 155 Å². The van der Waals surface area contributed by atoms with Crippen molar-refractivity contribution >= 4 is 0 Å². The second-order valence-electron chi connectivity index (χ2n) is 6.93. The number of phenolic OH excluding ortho intramolecular Hbond substituents is 2. The molecular formula is C22H30F2O2. The van der Waals surface area contributed by atoms with Crippen molar-refractivity contribution in [3.05, 3.63) is 57.7 Å². The molecule has 144 valence electrons. The van der Waals surface area contributed by atoms with Crippen molar-refractivity contribution in [3.8, 4) is 11.5 Å². The zero-order chi connectivity index (χ0) is 19.9. The Hall–Kier alpha value is -2.10. The highest BCUT2D eigenvalue weighted by molar-refractivity contribution is 5.57. The summed E-state index contributed by atoms with van der Waals surface area (Å²) in [5, 5.41) is 20.5. The summed E-state index contributed by atoms with van der Waals surface area (Å²) in [6.45, 7) is 9.43. The molecule has 1 rings (SSSR count). The van der Waals surface area contributed by atoms with E-state index in [1.165, 1.54) is 5.57 Å². The van der Waals surface area contributed by atoms with Crippen LogP contribution in [0, 0.1) is 20.8 Å². The molecule has 0 spiro atoms. The Bertz CT molecular complexity index is 695. The second-order valence-corrected chi connectivity index (χ2v) is 6.93. The fraction of sp³-hybridized carbons (Fsp3) is 0.455. The first-order chi connectivity index (χ1) is 12.1. The molecule has 0 unspecified atom stereocenters. The number of halogens is 2. The molecule has 4 heteroatoms. The van der Waals surface area contributed by atoms with Gasteiger partial charge in [0.15, 0.2) is 0 Å². The monoisotopic (exact) mass is 364 g/mol. The van der Waals surface area contributed by atoms with Gasteiger partial charge in [0, 0.05) is 5.56 Å². The molecule has 0 aliphatic rings. The van der Waals surface area contributed by atoms with Gasteiger partial charge >= 0.3 is 0 Å². The fourth-order valence-electron chi connectivity index (χ4n) is 2.87. The maximum atomic E-state index is 12.0. The molecular weight excluding hydrogens is 334 g/mol. The van der Waals surface area contributed by atoms with E-state index in [0.29, 0.717) is 30.4 Å². The van der Waals surface area contributed by atoms with E-state index in [1.54, 1.807) is 13.8 Å². The van der Waals surface area contributed by atoms with Crippen molar-refractivity contribution in [2.24, 2.45) is 0 Å². The van der Waals surface area contributed by atoms with Crippen LogP contribution >= 0.6 is 0 Å². The number of hydrogen-bond acceptors (Lipinski definition) is 2. The maximum absolute atomic E-state index is 12.0. The minimum Gasteiger partial charge on any atom is -0.507 e. The number of rotatable bonds is 8. The van der Waals surface area contributed by atoms with Gasteiger partial charge in [0.25, 0.3) is 6.08 Å². The second kappa shape index (κ2) is 10.1. The lowest BCUT2D eigenvalue weighted by atomic mass is 9.94. The van der Waals surface area contributed by atoms with Crippen LogP contribution in [0.25, 0.3) is 0 Å². The molecule has 0 bridgehead atoms. The lowest BCUT2D eigenvalue weighted by molar-refractivity contribution is 0.417. The SMILES string of the molecule is C/C(=C\CC/C(C)=C/Cc1c(C)c(O)c(C)c(C)c1O)CCC=C(F)F. The number of hydrogen-bond donors (Lipinski definition) is 2. The van der Waals surface area contributed by atoms with Crippen LogP contribution in [0.5, 0.6) is 11.5 Å². The van der Waals surface area contributed by atoms with Crippen molar-refractivity contribution in [2.75, 3.05) is 0 Å². The van der Waals surface area contributed by atoms with Gasteiger partial charge in [0.2, 0.25) is 0 Å². The van der Waals surface area contributed by atoms with E-state index in [1.807, 2.05) is 20.8 Å². The van der Waals surface area contributed by atoms with Gasteiger partial charge in [-0.15, -0.1) is 0 Å². The highest BCUT2D eigenvalue weighted by atomic mass is 19.3. The van der Waals surface area contributed by atoms with Crippen LogP contribution in [0.15, 0.2) is 35.5 Å². The fourth-order valence-corrected chi connectivity index (χ4v) is 2.87. The highest BCUT2D eigenvalue weighted by Gasteiger charge is 2.15. The van der Waals surface area contributed by atoms with Crippen molar-refractivity contribution < 1.29 is 19.0 Å². The average Bonchev–Trinajstić information content (AvgIpc) is 2.58. The highest BCUT2D eigenvalue weighted by Crippen LogP contribution is 2.36. The van der Waals surface area contributed by atoms with Gasteiger partial charge < -0.3 is 10.2 Å². The summed E-state index contributed by atoms with van der Waals surface area (Å²) in [7, 11) is 0. The van der Waals surface area contributed by atoms with Crippen molar-refractivity contribution in [2.45, 2.75) is 66.7 Å². The third-order valence-electron chi connectivity index (χ3n) is 4.89. The lowest BCUT2D eigenvalue weighted by Crippen LogP contribution is -1.96. The van der Waals surface area contributed by atoms with Gasteiger partial charge in [-0.3, -0.25) is 0 Å². The maximum Gasteiger partial charge on any atom is 0.266 e. The standard InChI is InChI=1S/C22H30F2O2/c1-14(10-7-11-20(23)24)8-6-9-15(2)12-13-19-18(5)21(25)16(3)17(4)22(19)26/h8,11-12,25-26H,6-7,9-10,13H2,1-5H3/b14-8+,15-12+. The summed E-state index contributed by atoms with van der Waals surface area (Å²) in [5.41, 5.74) is 5.22. The summed E-state index contributed by atoms with van der Waals surface area (Å²) in [6.07, 6.45) is 6.82. The first kappa shape index (κ1) is 21.9. The minimum atomic E-state index is -1.62. The number of benzene rings is 1. The predicted molar refractivity (Wildman–Crippen MR) is 104 cm³/mol. The molecule has 0 heterocycles. The molecule has 0 aliphatic heterocycles.